The molecule has 2 heterocycles. The standard InChI is InChI=1S/C30H33N3O3/c1-30(18-25(34)31(2)3)23-12-4-5-13-24(23)33(29(30)36)20-14-16-32(17-15-20)27-21-10-6-8-19-9-7-11-22(26(19)21)28(27)35/h4-13,20,27-28,35H,14-18H2,1-3H3/t27-,28-,30?/m0/s1. The van der Waals surface area contributed by atoms with Crippen LogP contribution in [0.3, 0.4) is 0 Å². The number of carbonyl (C=O) groups is 2. The highest BCUT2D eigenvalue weighted by atomic mass is 16.3. The number of amides is 2. The van der Waals surface area contributed by atoms with Gasteiger partial charge in [-0.3, -0.25) is 14.5 Å². The van der Waals surface area contributed by atoms with Gasteiger partial charge < -0.3 is 14.9 Å². The number of para-hydroxylation sites is 1. The van der Waals surface area contributed by atoms with Crippen molar-refractivity contribution in [2.75, 3.05) is 32.1 Å². The minimum absolute atomic E-state index is 0.0235. The van der Waals surface area contributed by atoms with E-state index in [1.54, 1.807) is 19.0 Å². The van der Waals surface area contributed by atoms with Crippen molar-refractivity contribution in [1.82, 2.24) is 9.80 Å². The number of carbonyl (C=O) groups excluding carboxylic acids is 2. The Balaban J connectivity index is 1.25. The molecule has 6 rings (SSSR count). The van der Waals surface area contributed by atoms with Gasteiger partial charge in [0.2, 0.25) is 11.8 Å². The summed E-state index contributed by atoms with van der Waals surface area (Å²) in [6.45, 7) is 3.52. The molecule has 0 bridgehead atoms. The van der Waals surface area contributed by atoms with E-state index in [0.717, 1.165) is 42.7 Å². The second kappa shape index (κ2) is 8.43. The lowest BCUT2D eigenvalue weighted by atomic mass is 9.80. The maximum Gasteiger partial charge on any atom is 0.238 e. The van der Waals surface area contributed by atoms with Crippen LogP contribution in [0, 0.1) is 0 Å². The highest BCUT2D eigenvalue weighted by Crippen LogP contribution is 2.49. The largest absolute Gasteiger partial charge is 0.386 e. The average Bonchev–Trinajstić information content (AvgIpc) is 3.29. The molecule has 1 N–H and O–H groups in total. The Morgan fingerprint density at radius 1 is 1.00 bits per heavy atom. The second-order valence-corrected chi connectivity index (χ2v) is 10.9. The van der Waals surface area contributed by atoms with E-state index in [1.807, 2.05) is 48.2 Å². The van der Waals surface area contributed by atoms with Crippen LogP contribution in [-0.2, 0) is 15.0 Å². The number of rotatable bonds is 4. The summed E-state index contributed by atoms with van der Waals surface area (Å²) in [6, 6.07) is 20.5. The molecule has 3 aliphatic rings. The van der Waals surface area contributed by atoms with Gasteiger partial charge in [-0.05, 0) is 53.3 Å². The molecule has 1 fully saturated rings. The monoisotopic (exact) mass is 483 g/mol. The molecule has 3 aromatic rings. The molecular formula is C30H33N3O3. The number of fused-ring (bicyclic) bond motifs is 1. The fraction of sp³-hybridized carbons (Fsp3) is 0.400. The molecule has 0 saturated carbocycles. The predicted octanol–water partition coefficient (Wildman–Crippen LogP) is 4.18. The fourth-order valence-corrected chi connectivity index (χ4v) is 6.69. The van der Waals surface area contributed by atoms with Crippen molar-refractivity contribution in [2.24, 2.45) is 0 Å². The first-order chi connectivity index (χ1) is 17.3. The normalized spacial score (nSPS) is 26.0. The molecule has 2 aliphatic heterocycles. The van der Waals surface area contributed by atoms with E-state index >= 15 is 0 Å². The van der Waals surface area contributed by atoms with Crippen LogP contribution in [0.1, 0.15) is 55.0 Å². The summed E-state index contributed by atoms with van der Waals surface area (Å²) in [5.41, 5.74) is 3.24. The molecule has 2 amide bonds. The van der Waals surface area contributed by atoms with Gasteiger partial charge in [0.05, 0.1) is 17.6 Å². The molecule has 3 aromatic carbocycles. The van der Waals surface area contributed by atoms with Gasteiger partial charge in [-0.1, -0.05) is 54.6 Å². The van der Waals surface area contributed by atoms with Crippen molar-refractivity contribution in [1.29, 1.82) is 0 Å². The van der Waals surface area contributed by atoms with Crippen LogP contribution >= 0.6 is 0 Å². The summed E-state index contributed by atoms with van der Waals surface area (Å²) in [5.74, 6) is -0.0169. The molecule has 0 aromatic heterocycles. The van der Waals surface area contributed by atoms with Crippen molar-refractivity contribution in [2.45, 2.75) is 49.8 Å². The van der Waals surface area contributed by atoms with E-state index in [2.05, 4.69) is 29.2 Å². The highest BCUT2D eigenvalue weighted by Gasteiger charge is 2.51. The van der Waals surface area contributed by atoms with Crippen LogP contribution in [0.5, 0.6) is 0 Å². The maximum absolute atomic E-state index is 13.9. The summed E-state index contributed by atoms with van der Waals surface area (Å²) < 4.78 is 0. The second-order valence-electron chi connectivity index (χ2n) is 10.9. The van der Waals surface area contributed by atoms with E-state index in [9.17, 15) is 14.7 Å². The van der Waals surface area contributed by atoms with Crippen LogP contribution in [0.25, 0.3) is 10.8 Å². The molecule has 1 saturated heterocycles. The first kappa shape index (κ1) is 23.2. The van der Waals surface area contributed by atoms with Gasteiger partial charge in [0.15, 0.2) is 0 Å². The molecule has 0 radical (unpaired) electrons. The summed E-state index contributed by atoms with van der Waals surface area (Å²) in [5, 5.41) is 13.6. The van der Waals surface area contributed by atoms with E-state index in [-0.39, 0.29) is 30.3 Å². The number of hydrogen-bond donors (Lipinski definition) is 1. The number of benzene rings is 3. The lowest BCUT2D eigenvalue weighted by Crippen LogP contribution is -2.50. The van der Waals surface area contributed by atoms with E-state index in [0.29, 0.717) is 0 Å². The number of aliphatic hydroxyl groups is 1. The minimum Gasteiger partial charge on any atom is -0.386 e. The summed E-state index contributed by atoms with van der Waals surface area (Å²) in [7, 11) is 3.47. The van der Waals surface area contributed by atoms with Crippen molar-refractivity contribution in [3.05, 3.63) is 77.4 Å². The van der Waals surface area contributed by atoms with Gasteiger partial charge in [0, 0.05) is 45.3 Å². The van der Waals surface area contributed by atoms with Gasteiger partial charge in [0.1, 0.15) is 0 Å². The van der Waals surface area contributed by atoms with Crippen LogP contribution in [0.15, 0.2) is 60.7 Å². The predicted molar refractivity (Wildman–Crippen MR) is 141 cm³/mol. The Labute approximate surface area is 212 Å². The quantitative estimate of drug-likeness (QED) is 0.605. The number of nitrogens with zero attached hydrogens (tertiary/aromatic N) is 3. The summed E-state index contributed by atoms with van der Waals surface area (Å²) in [6.07, 6.45) is 1.28. The molecule has 36 heavy (non-hydrogen) atoms. The number of anilines is 1. The van der Waals surface area contributed by atoms with Crippen LogP contribution in [0.4, 0.5) is 5.69 Å². The van der Waals surface area contributed by atoms with Gasteiger partial charge in [-0.25, -0.2) is 0 Å². The maximum atomic E-state index is 13.9. The lowest BCUT2D eigenvalue weighted by molar-refractivity contribution is -0.134. The van der Waals surface area contributed by atoms with Gasteiger partial charge >= 0.3 is 0 Å². The molecule has 6 nitrogen and oxygen atoms in total. The first-order valence-corrected chi connectivity index (χ1v) is 12.9. The Morgan fingerprint density at radius 3 is 2.36 bits per heavy atom. The zero-order chi connectivity index (χ0) is 25.2. The lowest BCUT2D eigenvalue weighted by Gasteiger charge is -2.41. The van der Waals surface area contributed by atoms with Crippen molar-refractivity contribution >= 4 is 28.3 Å². The Bertz CT molecular complexity index is 1360. The summed E-state index contributed by atoms with van der Waals surface area (Å²) in [4.78, 5) is 32.5. The highest BCUT2D eigenvalue weighted by molar-refractivity contribution is 6.10. The minimum atomic E-state index is -0.853. The van der Waals surface area contributed by atoms with Crippen LogP contribution in [0.2, 0.25) is 0 Å². The third kappa shape index (κ3) is 3.31. The van der Waals surface area contributed by atoms with E-state index < -0.39 is 11.5 Å². The molecule has 3 atom stereocenters. The van der Waals surface area contributed by atoms with E-state index in [4.69, 9.17) is 0 Å². The van der Waals surface area contributed by atoms with Crippen molar-refractivity contribution < 1.29 is 14.7 Å². The topological polar surface area (TPSA) is 64.1 Å². The van der Waals surface area contributed by atoms with Gasteiger partial charge in [-0.15, -0.1) is 0 Å². The SMILES string of the molecule is CN(C)C(=O)CC1(C)C(=O)N(C2CCN([C@H]3c4cccc5cccc(c45)[C@@H]3O)CC2)c2ccccc21. The summed E-state index contributed by atoms with van der Waals surface area (Å²) >= 11 is 0. The van der Waals surface area contributed by atoms with Gasteiger partial charge in [-0.2, -0.15) is 0 Å². The van der Waals surface area contributed by atoms with Crippen LogP contribution < -0.4 is 4.90 Å². The van der Waals surface area contributed by atoms with Gasteiger partial charge in [0.25, 0.3) is 0 Å². The smallest absolute Gasteiger partial charge is 0.238 e. The molecule has 186 valence electrons. The average molecular weight is 484 g/mol. The number of hydrogen-bond acceptors (Lipinski definition) is 4. The molecule has 1 aliphatic carbocycles. The molecule has 6 heteroatoms. The van der Waals surface area contributed by atoms with Crippen molar-refractivity contribution in [3.8, 4) is 0 Å². The first-order valence-electron chi connectivity index (χ1n) is 12.9. The number of piperidine rings is 1. The number of aliphatic hydroxyl groups excluding tert-OH is 1. The Hall–Kier alpha value is -3.22. The molecule has 0 spiro atoms. The van der Waals surface area contributed by atoms with E-state index in [1.165, 1.54) is 16.3 Å². The zero-order valence-corrected chi connectivity index (χ0v) is 21.1. The third-order valence-electron chi connectivity index (χ3n) is 8.62. The molecule has 1 unspecified atom stereocenters. The van der Waals surface area contributed by atoms with Crippen LogP contribution in [-0.4, -0.2) is 59.9 Å². The molecular weight excluding hydrogens is 450 g/mol. The Morgan fingerprint density at radius 2 is 1.67 bits per heavy atom. The Kier molecular flexibility index (Phi) is 5.43. The van der Waals surface area contributed by atoms with Crippen molar-refractivity contribution in [3.63, 3.8) is 0 Å². The zero-order valence-electron chi connectivity index (χ0n) is 21.1. The third-order valence-corrected chi connectivity index (χ3v) is 8.62. The fourth-order valence-electron chi connectivity index (χ4n) is 6.69. The number of likely N-dealkylation sites (tertiary alicyclic amines) is 1.